The Morgan fingerprint density at radius 1 is 1.00 bits per heavy atom. The SMILES string of the molecule is OCC[NH2+]Cc1cc(Cl)ccc1OCc1ccc(Cl)cc1. The first-order valence-corrected chi connectivity index (χ1v) is 7.53. The Hall–Kier alpha value is -1.26. The molecule has 21 heavy (non-hydrogen) atoms. The van der Waals surface area contributed by atoms with Crippen molar-refractivity contribution in [1.82, 2.24) is 0 Å². The molecule has 2 aromatic rings. The van der Waals surface area contributed by atoms with Gasteiger partial charge in [0, 0.05) is 15.6 Å². The Bertz CT molecular complexity index is 573. The Kier molecular flexibility index (Phi) is 6.33. The maximum Gasteiger partial charge on any atom is 0.128 e. The van der Waals surface area contributed by atoms with Crippen molar-refractivity contribution < 1.29 is 15.2 Å². The summed E-state index contributed by atoms with van der Waals surface area (Å²) in [5.41, 5.74) is 2.07. The number of aliphatic hydroxyl groups excluding tert-OH is 1. The second-order valence-corrected chi connectivity index (χ2v) is 5.55. The van der Waals surface area contributed by atoms with Crippen molar-refractivity contribution in [2.45, 2.75) is 13.2 Å². The highest BCUT2D eigenvalue weighted by atomic mass is 35.5. The fourth-order valence-electron chi connectivity index (χ4n) is 1.94. The maximum atomic E-state index is 8.84. The van der Waals surface area contributed by atoms with E-state index in [0.29, 0.717) is 23.2 Å². The Morgan fingerprint density at radius 2 is 1.71 bits per heavy atom. The normalized spacial score (nSPS) is 10.6. The maximum absolute atomic E-state index is 8.84. The molecule has 0 amide bonds. The first kappa shape index (κ1) is 16.1. The third-order valence-corrected chi connectivity index (χ3v) is 3.51. The number of nitrogens with two attached hydrogens (primary N) is 1. The first-order valence-electron chi connectivity index (χ1n) is 6.77. The van der Waals surface area contributed by atoms with Gasteiger partial charge in [-0.05, 0) is 35.9 Å². The molecule has 2 rings (SSSR count). The van der Waals surface area contributed by atoms with Crippen LogP contribution in [0, 0.1) is 0 Å². The van der Waals surface area contributed by atoms with Gasteiger partial charge in [-0.1, -0.05) is 35.3 Å². The highest BCUT2D eigenvalue weighted by molar-refractivity contribution is 6.30. The lowest BCUT2D eigenvalue weighted by molar-refractivity contribution is -0.671. The third-order valence-electron chi connectivity index (χ3n) is 3.03. The fraction of sp³-hybridized carbons (Fsp3) is 0.250. The summed E-state index contributed by atoms with van der Waals surface area (Å²) in [4.78, 5) is 0. The molecule has 2 aromatic carbocycles. The van der Waals surface area contributed by atoms with Crippen LogP contribution in [0.5, 0.6) is 5.75 Å². The number of hydrogen-bond donors (Lipinski definition) is 2. The van der Waals surface area contributed by atoms with Gasteiger partial charge in [0.05, 0.1) is 13.2 Å². The van der Waals surface area contributed by atoms with Gasteiger partial charge >= 0.3 is 0 Å². The molecule has 0 atom stereocenters. The van der Waals surface area contributed by atoms with E-state index in [-0.39, 0.29) is 6.61 Å². The molecule has 0 bridgehead atoms. The highest BCUT2D eigenvalue weighted by Gasteiger charge is 2.07. The van der Waals surface area contributed by atoms with Crippen molar-refractivity contribution in [3.63, 3.8) is 0 Å². The first-order chi connectivity index (χ1) is 10.2. The number of benzene rings is 2. The van der Waals surface area contributed by atoms with Crippen LogP contribution in [0.2, 0.25) is 10.0 Å². The zero-order valence-corrected chi connectivity index (χ0v) is 13.1. The molecule has 0 aliphatic carbocycles. The van der Waals surface area contributed by atoms with E-state index in [2.05, 4.69) is 0 Å². The van der Waals surface area contributed by atoms with Crippen LogP contribution in [0.15, 0.2) is 42.5 Å². The topological polar surface area (TPSA) is 46.1 Å². The lowest BCUT2D eigenvalue weighted by Crippen LogP contribution is -2.83. The number of halogens is 2. The van der Waals surface area contributed by atoms with E-state index in [1.807, 2.05) is 47.8 Å². The third kappa shape index (κ3) is 5.21. The summed E-state index contributed by atoms with van der Waals surface area (Å²) in [6, 6.07) is 13.2. The van der Waals surface area contributed by atoms with Crippen LogP contribution in [-0.2, 0) is 13.2 Å². The van der Waals surface area contributed by atoms with Gasteiger partial charge < -0.3 is 15.2 Å². The second-order valence-electron chi connectivity index (χ2n) is 4.67. The predicted octanol–water partition coefficient (Wildman–Crippen LogP) is 2.63. The number of rotatable bonds is 7. The molecule has 0 aliphatic heterocycles. The standard InChI is InChI=1S/C16H17Cl2NO2/c17-14-3-1-12(2-4-14)11-21-16-6-5-15(18)9-13(16)10-19-7-8-20/h1-6,9,19-20H,7-8,10-11H2/p+1. The molecule has 3 nitrogen and oxygen atoms in total. The summed E-state index contributed by atoms with van der Waals surface area (Å²) in [6.07, 6.45) is 0. The van der Waals surface area contributed by atoms with Gasteiger partial charge in [0.2, 0.25) is 0 Å². The van der Waals surface area contributed by atoms with Crippen LogP contribution in [0.4, 0.5) is 0 Å². The van der Waals surface area contributed by atoms with Crippen LogP contribution in [0.25, 0.3) is 0 Å². The van der Waals surface area contributed by atoms with Gasteiger partial charge in [0.1, 0.15) is 18.9 Å². The van der Waals surface area contributed by atoms with Gasteiger partial charge in [-0.15, -0.1) is 0 Å². The van der Waals surface area contributed by atoms with Crippen LogP contribution in [0.1, 0.15) is 11.1 Å². The molecule has 0 heterocycles. The van der Waals surface area contributed by atoms with Gasteiger partial charge in [-0.2, -0.15) is 0 Å². The summed E-state index contributed by atoms with van der Waals surface area (Å²) < 4.78 is 5.86. The molecular weight excluding hydrogens is 309 g/mol. The van der Waals surface area contributed by atoms with Crippen LogP contribution >= 0.6 is 23.2 Å². The Morgan fingerprint density at radius 3 is 2.43 bits per heavy atom. The lowest BCUT2D eigenvalue weighted by Gasteiger charge is -2.11. The van der Waals surface area contributed by atoms with Gasteiger partial charge in [-0.3, -0.25) is 0 Å². The van der Waals surface area contributed by atoms with Crippen molar-refractivity contribution in [2.24, 2.45) is 0 Å². The van der Waals surface area contributed by atoms with Crippen molar-refractivity contribution in [3.05, 3.63) is 63.6 Å². The smallest absolute Gasteiger partial charge is 0.128 e. The number of hydrogen-bond acceptors (Lipinski definition) is 2. The van der Waals surface area contributed by atoms with Crippen molar-refractivity contribution in [2.75, 3.05) is 13.2 Å². The Labute approximate surface area is 134 Å². The van der Waals surface area contributed by atoms with Crippen LogP contribution in [0.3, 0.4) is 0 Å². The molecule has 0 aromatic heterocycles. The van der Waals surface area contributed by atoms with Crippen LogP contribution in [-0.4, -0.2) is 18.3 Å². The molecule has 112 valence electrons. The number of aliphatic hydroxyl groups is 1. The summed E-state index contributed by atoms with van der Waals surface area (Å²) >= 11 is 11.9. The minimum absolute atomic E-state index is 0.154. The van der Waals surface area contributed by atoms with Gasteiger partial charge in [-0.25, -0.2) is 0 Å². The van der Waals surface area contributed by atoms with E-state index < -0.39 is 0 Å². The quantitative estimate of drug-likeness (QED) is 0.768. The molecule has 3 N–H and O–H groups in total. The minimum atomic E-state index is 0.154. The second kappa shape index (κ2) is 8.25. The average Bonchev–Trinajstić information content (AvgIpc) is 2.48. The predicted molar refractivity (Wildman–Crippen MR) is 84.8 cm³/mol. The van der Waals surface area contributed by atoms with Crippen molar-refractivity contribution in [3.8, 4) is 5.75 Å². The van der Waals surface area contributed by atoms with Crippen molar-refractivity contribution in [1.29, 1.82) is 0 Å². The zero-order chi connectivity index (χ0) is 15.1. The molecule has 0 unspecified atom stereocenters. The molecule has 5 heteroatoms. The average molecular weight is 327 g/mol. The van der Waals surface area contributed by atoms with Crippen LogP contribution < -0.4 is 10.1 Å². The summed E-state index contributed by atoms with van der Waals surface area (Å²) in [7, 11) is 0. The lowest BCUT2D eigenvalue weighted by atomic mass is 10.2. The van der Waals surface area contributed by atoms with Gasteiger partial charge in [0.25, 0.3) is 0 Å². The van der Waals surface area contributed by atoms with E-state index in [1.54, 1.807) is 0 Å². The van der Waals surface area contributed by atoms with Gasteiger partial charge in [0.15, 0.2) is 0 Å². The molecule has 0 saturated heterocycles. The Balaban J connectivity index is 2.02. The molecule has 0 fully saturated rings. The molecule has 0 saturated carbocycles. The monoisotopic (exact) mass is 326 g/mol. The minimum Gasteiger partial charge on any atom is -0.488 e. The van der Waals surface area contributed by atoms with Crippen molar-refractivity contribution >= 4 is 23.2 Å². The van der Waals surface area contributed by atoms with E-state index in [9.17, 15) is 0 Å². The summed E-state index contributed by atoms with van der Waals surface area (Å²) in [5.74, 6) is 0.809. The van der Waals surface area contributed by atoms with E-state index in [0.717, 1.165) is 23.4 Å². The highest BCUT2D eigenvalue weighted by Crippen LogP contribution is 2.23. The van der Waals surface area contributed by atoms with E-state index in [4.69, 9.17) is 33.0 Å². The molecular formula is C16H18Cl2NO2+. The summed E-state index contributed by atoms with van der Waals surface area (Å²) in [5, 5.41) is 12.3. The number of quaternary nitrogens is 1. The molecule has 0 radical (unpaired) electrons. The molecule has 0 spiro atoms. The van der Waals surface area contributed by atoms with E-state index in [1.165, 1.54) is 0 Å². The summed E-state index contributed by atoms with van der Waals surface area (Å²) in [6.45, 7) is 2.01. The zero-order valence-electron chi connectivity index (χ0n) is 11.6. The largest absolute Gasteiger partial charge is 0.488 e. The fourth-order valence-corrected chi connectivity index (χ4v) is 2.26. The number of ether oxygens (including phenoxy) is 1. The van der Waals surface area contributed by atoms with E-state index >= 15 is 0 Å². The molecule has 0 aliphatic rings.